The van der Waals surface area contributed by atoms with E-state index in [-0.39, 0.29) is 5.91 Å². The van der Waals surface area contributed by atoms with Crippen LogP contribution >= 0.6 is 0 Å². The SMILES string of the molecule is CC(C)=CC(=O)N(C)Cc1ncn[nH]1. The minimum atomic E-state index is -0.0265. The van der Waals surface area contributed by atoms with Gasteiger partial charge in [-0.05, 0) is 13.8 Å². The molecular formula is C9H14N4O. The van der Waals surface area contributed by atoms with Crippen molar-refractivity contribution < 1.29 is 4.79 Å². The summed E-state index contributed by atoms with van der Waals surface area (Å²) >= 11 is 0. The zero-order chi connectivity index (χ0) is 10.6. The molecule has 0 bridgehead atoms. The molecule has 1 aromatic rings. The fraction of sp³-hybridized carbons (Fsp3) is 0.444. The summed E-state index contributed by atoms with van der Waals surface area (Å²) < 4.78 is 0. The number of H-pyrrole nitrogens is 1. The largest absolute Gasteiger partial charge is 0.335 e. The molecule has 14 heavy (non-hydrogen) atoms. The number of hydrogen-bond donors (Lipinski definition) is 1. The first-order valence-corrected chi connectivity index (χ1v) is 4.34. The number of allylic oxidation sites excluding steroid dienone is 1. The zero-order valence-corrected chi connectivity index (χ0v) is 8.61. The van der Waals surface area contributed by atoms with Crippen molar-refractivity contribution in [3.05, 3.63) is 23.8 Å². The Labute approximate surface area is 82.8 Å². The van der Waals surface area contributed by atoms with Crippen LogP contribution in [0.15, 0.2) is 18.0 Å². The maximum atomic E-state index is 11.5. The van der Waals surface area contributed by atoms with Gasteiger partial charge in [-0.25, -0.2) is 4.98 Å². The van der Waals surface area contributed by atoms with Crippen molar-refractivity contribution >= 4 is 5.91 Å². The van der Waals surface area contributed by atoms with Crippen molar-refractivity contribution in [2.75, 3.05) is 7.05 Å². The predicted octanol–water partition coefficient (Wildman–Crippen LogP) is 0.729. The van der Waals surface area contributed by atoms with Crippen LogP contribution in [-0.2, 0) is 11.3 Å². The molecular weight excluding hydrogens is 180 g/mol. The van der Waals surface area contributed by atoms with Gasteiger partial charge >= 0.3 is 0 Å². The van der Waals surface area contributed by atoms with Crippen molar-refractivity contribution in [3.63, 3.8) is 0 Å². The van der Waals surface area contributed by atoms with Gasteiger partial charge in [0.1, 0.15) is 12.2 Å². The molecule has 0 unspecified atom stereocenters. The van der Waals surface area contributed by atoms with Crippen LogP contribution in [0.3, 0.4) is 0 Å². The fourth-order valence-corrected chi connectivity index (χ4v) is 0.967. The first-order valence-electron chi connectivity index (χ1n) is 4.34. The molecule has 1 amide bonds. The molecule has 0 aliphatic carbocycles. The molecule has 0 aliphatic heterocycles. The first kappa shape index (κ1) is 10.4. The molecule has 0 atom stereocenters. The van der Waals surface area contributed by atoms with Gasteiger partial charge in [0.2, 0.25) is 5.91 Å². The average molecular weight is 194 g/mol. The summed E-state index contributed by atoms with van der Waals surface area (Å²) in [7, 11) is 1.73. The average Bonchev–Trinajstić information content (AvgIpc) is 2.55. The van der Waals surface area contributed by atoms with Crippen LogP contribution in [0.2, 0.25) is 0 Å². The minimum Gasteiger partial charge on any atom is -0.335 e. The number of aromatic amines is 1. The number of rotatable bonds is 3. The monoisotopic (exact) mass is 194 g/mol. The van der Waals surface area contributed by atoms with E-state index in [9.17, 15) is 4.79 Å². The smallest absolute Gasteiger partial charge is 0.246 e. The second-order valence-corrected chi connectivity index (χ2v) is 3.35. The van der Waals surface area contributed by atoms with E-state index in [1.807, 2.05) is 13.8 Å². The van der Waals surface area contributed by atoms with Gasteiger partial charge in [0, 0.05) is 13.1 Å². The molecule has 1 heterocycles. The molecule has 0 fully saturated rings. The number of amides is 1. The Morgan fingerprint density at radius 2 is 2.36 bits per heavy atom. The molecule has 5 heteroatoms. The van der Waals surface area contributed by atoms with Crippen molar-refractivity contribution in [1.82, 2.24) is 20.1 Å². The number of likely N-dealkylation sites (N-methyl/N-ethyl adjacent to an activating group) is 1. The van der Waals surface area contributed by atoms with Crippen LogP contribution in [0.5, 0.6) is 0 Å². The quantitative estimate of drug-likeness (QED) is 0.721. The molecule has 0 saturated carbocycles. The summed E-state index contributed by atoms with van der Waals surface area (Å²) in [5, 5.41) is 6.41. The normalized spacial score (nSPS) is 9.64. The number of nitrogens with zero attached hydrogens (tertiary/aromatic N) is 3. The molecule has 0 aliphatic rings. The lowest BCUT2D eigenvalue weighted by molar-refractivity contribution is -0.125. The van der Waals surface area contributed by atoms with E-state index >= 15 is 0 Å². The van der Waals surface area contributed by atoms with E-state index < -0.39 is 0 Å². The van der Waals surface area contributed by atoms with Crippen LogP contribution in [0.25, 0.3) is 0 Å². The van der Waals surface area contributed by atoms with Crippen molar-refractivity contribution in [2.45, 2.75) is 20.4 Å². The Bertz CT molecular complexity index is 325. The lowest BCUT2D eigenvalue weighted by Crippen LogP contribution is -2.25. The lowest BCUT2D eigenvalue weighted by Gasteiger charge is -2.12. The van der Waals surface area contributed by atoms with Crippen LogP contribution in [-0.4, -0.2) is 33.0 Å². The highest BCUT2D eigenvalue weighted by Gasteiger charge is 2.07. The molecule has 76 valence electrons. The van der Waals surface area contributed by atoms with Crippen molar-refractivity contribution in [3.8, 4) is 0 Å². The van der Waals surface area contributed by atoms with Gasteiger partial charge in [0.05, 0.1) is 6.54 Å². The predicted molar refractivity (Wildman–Crippen MR) is 52.3 cm³/mol. The number of aromatic nitrogens is 3. The van der Waals surface area contributed by atoms with Gasteiger partial charge < -0.3 is 4.90 Å². The fourth-order valence-electron chi connectivity index (χ4n) is 0.967. The third-order valence-corrected chi connectivity index (χ3v) is 1.64. The molecule has 0 aromatic carbocycles. The zero-order valence-electron chi connectivity index (χ0n) is 8.61. The molecule has 0 saturated heterocycles. The maximum absolute atomic E-state index is 11.5. The van der Waals surface area contributed by atoms with Gasteiger partial charge in [-0.3, -0.25) is 9.89 Å². The summed E-state index contributed by atoms with van der Waals surface area (Å²) in [4.78, 5) is 17.0. The number of carbonyl (C=O) groups excluding carboxylic acids is 1. The van der Waals surface area contributed by atoms with Crippen molar-refractivity contribution in [1.29, 1.82) is 0 Å². The maximum Gasteiger partial charge on any atom is 0.246 e. The summed E-state index contributed by atoms with van der Waals surface area (Å²) in [6.07, 6.45) is 3.02. The highest BCUT2D eigenvalue weighted by molar-refractivity contribution is 5.87. The molecule has 1 aromatic heterocycles. The van der Waals surface area contributed by atoms with Crippen LogP contribution in [0.1, 0.15) is 19.7 Å². The minimum absolute atomic E-state index is 0.0265. The number of nitrogens with one attached hydrogen (secondary N) is 1. The van der Waals surface area contributed by atoms with Gasteiger partial charge in [0.15, 0.2) is 0 Å². The molecule has 0 radical (unpaired) electrons. The van der Waals surface area contributed by atoms with Gasteiger partial charge in [-0.1, -0.05) is 5.57 Å². The van der Waals surface area contributed by atoms with Gasteiger partial charge in [-0.2, -0.15) is 5.10 Å². The highest BCUT2D eigenvalue weighted by Crippen LogP contribution is 1.98. The summed E-state index contributed by atoms with van der Waals surface area (Å²) in [6, 6.07) is 0. The van der Waals surface area contributed by atoms with Crippen molar-refractivity contribution in [2.24, 2.45) is 0 Å². The Morgan fingerprint density at radius 3 is 2.86 bits per heavy atom. The van der Waals surface area contributed by atoms with E-state index in [0.717, 1.165) is 5.57 Å². The second-order valence-electron chi connectivity index (χ2n) is 3.35. The lowest BCUT2D eigenvalue weighted by atomic mass is 10.3. The van der Waals surface area contributed by atoms with E-state index in [0.29, 0.717) is 12.4 Å². The number of hydrogen-bond acceptors (Lipinski definition) is 3. The Kier molecular flexibility index (Phi) is 3.39. The third-order valence-electron chi connectivity index (χ3n) is 1.64. The van der Waals surface area contributed by atoms with Gasteiger partial charge in [-0.15, -0.1) is 0 Å². The summed E-state index contributed by atoms with van der Waals surface area (Å²) in [5.41, 5.74) is 0.986. The van der Waals surface area contributed by atoms with Gasteiger partial charge in [0.25, 0.3) is 0 Å². The molecule has 1 rings (SSSR count). The summed E-state index contributed by atoms with van der Waals surface area (Å²) in [6.45, 7) is 4.23. The van der Waals surface area contributed by atoms with Crippen LogP contribution in [0, 0.1) is 0 Å². The summed E-state index contributed by atoms with van der Waals surface area (Å²) in [5.74, 6) is 0.657. The molecule has 1 N–H and O–H groups in total. The Balaban J connectivity index is 2.54. The van der Waals surface area contributed by atoms with Crippen LogP contribution < -0.4 is 0 Å². The second kappa shape index (κ2) is 4.55. The first-order chi connectivity index (χ1) is 6.59. The topological polar surface area (TPSA) is 61.9 Å². The van der Waals surface area contributed by atoms with E-state index in [1.165, 1.54) is 6.33 Å². The highest BCUT2D eigenvalue weighted by atomic mass is 16.2. The molecule has 5 nitrogen and oxygen atoms in total. The van der Waals surface area contributed by atoms with E-state index in [2.05, 4.69) is 15.2 Å². The number of carbonyl (C=O) groups is 1. The molecule has 0 spiro atoms. The van der Waals surface area contributed by atoms with E-state index in [4.69, 9.17) is 0 Å². The van der Waals surface area contributed by atoms with Crippen LogP contribution in [0.4, 0.5) is 0 Å². The third kappa shape index (κ3) is 3.01. The Hall–Kier alpha value is -1.65. The Morgan fingerprint density at radius 1 is 1.64 bits per heavy atom. The standard InChI is InChI=1S/C9H14N4O/c1-7(2)4-9(14)13(3)5-8-10-6-11-12-8/h4,6H,5H2,1-3H3,(H,10,11,12). The van der Waals surface area contributed by atoms with E-state index in [1.54, 1.807) is 18.0 Å².